The van der Waals surface area contributed by atoms with Gasteiger partial charge >= 0.3 is 11.9 Å². The van der Waals surface area contributed by atoms with Crippen LogP contribution in [0.2, 0.25) is 0 Å². The van der Waals surface area contributed by atoms with Crippen molar-refractivity contribution in [3.05, 3.63) is 47.4 Å². The van der Waals surface area contributed by atoms with E-state index < -0.39 is 0 Å². The van der Waals surface area contributed by atoms with Crippen LogP contribution in [0.5, 0.6) is 0 Å². The number of hydrogen-bond donors (Lipinski definition) is 0. The lowest BCUT2D eigenvalue weighted by atomic mass is 9.90. The molecular weight excluding hydrogens is 326 g/mol. The Morgan fingerprint density at radius 1 is 1.19 bits per heavy atom. The highest BCUT2D eigenvalue weighted by atomic mass is 16.5. The monoisotopic (exact) mass is 351 g/mol. The number of carbonyl (C=O) groups is 1. The summed E-state index contributed by atoms with van der Waals surface area (Å²) in [4.78, 5) is 20.9. The maximum atomic E-state index is 12.6. The number of benzene rings is 1. The lowest BCUT2D eigenvalue weighted by molar-refractivity contribution is -0.121. The molecule has 136 valence electrons. The number of anilines is 1. The third-order valence-electron chi connectivity index (χ3n) is 5.04. The fraction of sp³-hybridized carbons (Fsp3) is 0.429. The number of rotatable bonds is 3. The Balaban J connectivity index is 1.71. The Kier molecular flexibility index (Phi) is 4.31. The maximum absolute atomic E-state index is 12.6. The quantitative estimate of drug-likeness (QED) is 0.783. The Labute approximate surface area is 154 Å². The SMILES string of the molecule is C=CN1C(=O)C(=Cc2cc3c4c(c2)CCCN4CCC3)OC1=NC(C)C. The number of amidine groups is 1. The predicted molar refractivity (Wildman–Crippen MR) is 104 cm³/mol. The zero-order valence-corrected chi connectivity index (χ0v) is 15.5. The Bertz CT molecular complexity index is 792. The molecule has 26 heavy (non-hydrogen) atoms. The van der Waals surface area contributed by atoms with Crippen molar-refractivity contribution in [3.63, 3.8) is 0 Å². The summed E-state index contributed by atoms with van der Waals surface area (Å²) >= 11 is 0. The minimum absolute atomic E-state index is 0.0405. The molecule has 1 fully saturated rings. The van der Waals surface area contributed by atoms with E-state index in [2.05, 4.69) is 28.6 Å². The second-order valence-electron chi connectivity index (χ2n) is 7.36. The molecule has 5 nitrogen and oxygen atoms in total. The van der Waals surface area contributed by atoms with Crippen LogP contribution in [0.3, 0.4) is 0 Å². The number of aliphatic imine (C=N–C) groups is 1. The molecule has 0 N–H and O–H groups in total. The van der Waals surface area contributed by atoms with Crippen molar-refractivity contribution in [1.82, 2.24) is 4.90 Å². The number of aryl methyl sites for hydroxylation is 2. The molecule has 3 aliphatic heterocycles. The summed E-state index contributed by atoms with van der Waals surface area (Å²) in [5.74, 6) is 0.0901. The van der Waals surface area contributed by atoms with Gasteiger partial charge in [-0.2, -0.15) is 0 Å². The lowest BCUT2D eigenvalue weighted by Gasteiger charge is -2.37. The van der Waals surface area contributed by atoms with E-state index >= 15 is 0 Å². The van der Waals surface area contributed by atoms with Gasteiger partial charge in [0.05, 0.1) is 0 Å². The number of hydrogen-bond acceptors (Lipinski definition) is 4. The number of carbonyl (C=O) groups excluding carboxylic acids is 1. The average Bonchev–Trinajstić information content (AvgIpc) is 2.89. The van der Waals surface area contributed by atoms with Crippen LogP contribution in [-0.4, -0.2) is 36.0 Å². The zero-order chi connectivity index (χ0) is 18.3. The molecule has 1 amide bonds. The van der Waals surface area contributed by atoms with E-state index in [1.54, 1.807) is 0 Å². The summed E-state index contributed by atoms with van der Waals surface area (Å²) in [5.41, 5.74) is 5.24. The van der Waals surface area contributed by atoms with Crippen LogP contribution in [-0.2, 0) is 22.4 Å². The first kappa shape index (κ1) is 16.9. The normalized spacial score (nSPS) is 22.2. The first-order chi connectivity index (χ1) is 12.6. The first-order valence-electron chi connectivity index (χ1n) is 9.41. The van der Waals surface area contributed by atoms with E-state index in [1.165, 1.54) is 40.8 Å². The molecule has 0 aromatic heterocycles. The van der Waals surface area contributed by atoms with Crippen molar-refractivity contribution in [1.29, 1.82) is 0 Å². The number of amides is 1. The van der Waals surface area contributed by atoms with E-state index in [9.17, 15) is 4.79 Å². The van der Waals surface area contributed by atoms with Crippen molar-refractivity contribution in [3.8, 4) is 0 Å². The van der Waals surface area contributed by atoms with Gasteiger partial charge in [-0.1, -0.05) is 6.58 Å². The molecule has 0 saturated carbocycles. The molecule has 0 radical (unpaired) electrons. The van der Waals surface area contributed by atoms with Crippen LogP contribution in [0, 0.1) is 0 Å². The molecule has 0 aliphatic carbocycles. The summed E-state index contributed by atoms with van der Waals surface area (Å²) in [6.07, 6.45) is 7.88. The first-order valence-corrected chi connectivity index (χ1v) is 9.41. The minimum Gasteiger partial charge on any atom is -0.419 e. The summed E-state index contributed by atoms with van der Waals surface area (Å²) in [6, 6.07) is 4.75. The Morgan fingerprint density at radius 3 is 2.42 bits per heavy atom. The zero-order valence-electron chi connectivity index (χ0n) is 15.5. The fourth-order valence-corrected chi connectivity index (χ4v) is 4.02. The van der Waals surface area contributed by atoms with Gasteiger partial charge in [0, 0.05) is 31.0 Å². The molecule has 0 atom stereocenters. The molecule has 4 rings (SSSR count). The molecule has 3 aliphatic rings. The van der Waals surface area contributed by atoms with Gasteiger partial charge in [-0.3, -0.25) is 4.79 Å². The van der Waals surface area contributed by atoms with Gasteiger partial charge in [-0.05, 0) is 74.4 Å². The van der Waals surface area contributed by atoms with Gasteiger partial charge in [0.2, 0.25) is 0 Å². The summed E-state index contributed by atoms with van der Waals surface area (Å²) in [5, 5.41) is 0. The van der Waals surface area contributed by atoms with Gasteiger partial charge in [0.25, 0.3) is 0 Å². The van der Waals surface area contributed by atoms with Gasteiger partial charge in [0.1, 0.15) is 0 Å². The van der Waals surface area contributed by atoms with Crippen molar-refractivity contribution in [2.75, 3.05) is 18.0 Å². The topological polar surface area (TPSA) is 45.1 Å². The average molecular weight is 351 g/mol. The lowest BCUT2D eigenvalue weighted by Crippen LogP contribution is -2.34. The van der Waals surface area contributed by atoms with Gasteiger partial charge in [0.15, 0.2) is 5.76 Å². The second kappa shape index (κ2) is 6.63. The molecular formula is C21H25N3O2. The van der Waals surface area contributed by atoms with E-state index in [4.69, 9.17) is 4.74 Å². The molecule has 1 aromatic carbocycles. The van der Waals surface area contributed by atoms with Gasteiger partial charge in [-0.15, -0.1) is 0 Å². The van der Waals surface area contributed by atoms with Crippen LogP contribution in [0.25, 0.3) is 6.08 Å². The van der Waals surface area contributed by atoms with Crippen LogP contribution in [0.1, 0.15) is 43.4 Å². The Morgan fingerprint density at radius 2 is 1.85 bits per heavy atom. The standard InChI is InChI=1S/C21H25N3O2/c1-4-24-20(25)18(26-21(24)22-14(2)3)13-15-11-16-7-5-9-23-10-6-8-17(12-15)19(16)23/h4,11-14H,1,5-10H2,2-3H3. The molecule has 3 heterocycles. The highest BCUT2D eigenvalue weighted by Gasteiger charge is 2.33. The number of nitrogens with zero attached hydrogens (tertiary/aromatic N) is 3. The van der Waals surface area contributed by atoms with E-state index in [0.717, 1.165) is 31.5 Å². The maximum Gasteiger partial charge on any atom is 0.304 e. The van der Waals surface area contributed by atoms with Crippen molar-refractivity contribution in [2.45, 2.75) is 45.6 Å². The molecule has 0 spiro atoms. The minimum atomic E-state index is -0.215. The highest BCUT2D eigenvalue weighted by Crippen LogP contribution is 2.36. The fourth-order valence-electron chi connectivity index (χ4n) is 4.02. The molecule has 1 saturated heterocycles. The van der Waals surface area contributed by atoms with Crippen LogP contribution in [0.15, 0.2) is 35.7 Å². The van der Waals surface area contributed by atoms with Gasteiger partial charge < -0.3 is 9.64 Å². The van der Waals surface area contributed by atoms with E-state index in [1.807, 2.05) is 19.9 Å². The predicted octanol–water partition coefficient (Wildman–Crippen LogP) is 3.49. The molecule has 0 unspecified atom stereocenters. The Hall–Kier alpha value is -2.56. The molecule has 5 heteroatoms. The van der Waals surface area contributed by atoms with Gasteiger partial charge in [-0.25, -0.2) is 9.89 Å². The van der Waals surface area contributed by atoms with Crippen molar-refractivity contribution in [2.24, 2.45) is 4.99 Å². The third kappa shape index (κ3) is 2.91. The highest BCUT2D eigenvalue weighted by molar-refractivity contribution is 6.12. The largest absolute Gasteiger partial charge is 0.419 e. The second-order valence-corrected chi connectivity index (χ2v) is 7.36. The number of ether oxygens (including phenoxy) is 1. The third-order valence-corrected chi connectivity index (χ3v) is 5.04. The molecule has 1 aromatic rings. The van der Waals surface area contributed by atoms with Crippen LogP contribution >= 0.6 is 0 Å². The summed E-state index contributed by atoms with van der Waals surface area (Å²) in [6.45, 7) is 9.92. The van der Waals surface area contributed by atoms with E-state index in [0.29, 0.717) is 11.8 Å². The van der Waals surface area contributed by atoms with E-state index in [-0.39, 0.29) is 11.9 Å². The van der Waals surface area contributed by atoms with Crippen molar-refractivity contribution < 1.29 is 9.53 Å². The van der Waals surface area contributed by atoms with Crippen molar-refractivity contribution >= 4 is 23.7 Å². The summed E-state index contributed by atoms with van der Waals surface area (Å²) < 4.78 is 5.75. The van der Waals surface area contributed by atoms with Crippen LogP contribution < -0.4 is 4.90 Å². The van der Waals surface area contributed by atoms with Crippen LogP contribution in [0.4, 0.5) is 5.69 Å². The summed E-state index contributed by atoms with van der Waals surface area (Å²) in [7, 11) is 0. The molecule has 0 bridgehead atoms. The smallest absolute Gasteiger partial charge is 0.304 e.